The number of thiazole rings is 2. The molecule has 0 amide bonds. The third kappa shape index (κ3) is 5.66. The topological polar surface area (TPSA) is 113 Å². The van der Waals surface area contributed by atoms with E-state index in [-0.39, 0.29) is 33.4 Å². The largest absolute Gasteiger partial charge is 0.480 e. The minimum atomic E-state index is -1.05. The molecule has 0 saturated heterocycles. The van der Waals surface area contributed by atoms with Crippen molar-refractivity contribution in [2.24, 2.45) is 0 Å². The van der Waals surface area contributed by atoms with Gasteiger partial charge in [0.05, 0.1) is 20.9 Å². The molecule has 326 valence electrons. The Morgan fingerprint density at radius 3 is 1.08 bits per heavy atom. The van der Waals surface area contributed by atoms with Gasteiger partial charge in [-0.1, -0.05) is 12.8 Å². The molecule has 2 fully saturated rings. The van der Waals surface area contributed by atoms with Crippen molar-refractivity contribution >= 4 is 79.5 Å². The van der Waals surface area contributed by atoms with E-state index in [9.17, 15) is 36.7 Å². The Bertz CT molecular complexity index is 3180. The molecule has 13 rings (SSSR count). The summed E-state index contributed by atoms with van der Waals surface area (Å²) in [4.78, 5) is 67.2. The number of carbonyl (C=O) groups is 4. The molecule has 0 bridgehead atoms. The molecule has 2 saturated carbocycles. The number of ketones is 4. The van der Waals surface area contributed by atoms with Gasteiger partial charge in [-0.2, -0.15) is 0 Å². The first-order valence-electron chi connectivity index (χ1n) is 21.9. The summed E-state index contributed by atoms with van der Waals surface area (Å²) < 4.78 is 70.7. The fraction of sp³-hybridized carbons (Fsp3) is 0.231. The zero-order chi connectivity index (χ0) is 45.0. The summed E-state index contributed by atoms with van der Waals surface area (Å²) >= 11 is 2.72. The molecule has 6 aliphatic rings. The van der Waals surface area contributed by atoms with E-state index in [0.717, 1.165) is 95.1 Å². The van der Waals surface area contributed by atoms with Crippen molar-refractivity contribution in [3.8, 4) is 32.4 Å². The van der Waals surface area contributed by atoms with Gasteiger partial charge in [0.25, 0.3) is 0 Å². The number of halogens is 4. The van der Waals surface area contributed by atoms with Crippen LogP contribution in [0, 0.1) is 23.3 Å². The molecule has 0 unspecified atom stereocenters. The second-order valence-electron chi connectivity index (χ2n) is 18.1. The Morgan fingerprint density at radius 1 is 0.439 bits per heavy atom. The summed E-state index contributed by atoms with van der Waals surface area (Å²) in [6.45, 7) is 0. The van der Waals surface area contributed by atoms with E-state index in [1.54, 1.807) is 0 Å². The lowest BCUT2D eigenvalue weighted by Gasteiger charge is -2.43. The number of nitrogens with zero attached hydrogens (tertiary/aromatic N) is 2. The van der Waals surface area contributed by atoms with Crippen molar-refractivity contribution in [1.29, 1.82) is 0 Å². The minimum Gasteiger partial charge on any atom is -0.480 e. The van der Waals surface area contributed by atoms with Crippen LogP contribution in [0.3, 0.4) is 0 Å². The lowest BCUT2D eigenvalue weighted by molar-refractivity contribution is 0.0163. The summed E-state index contributed by atoms with van der Waals surface area (Å²) in [5.41, 5.74) is 1.82. The van der Waals surface area contributed by atoms with Crippen LogP contribution in [0.5, 0.6) is 11.5 Å². The average Bonchev–Trinajstić information content (AvgIpc) is 4.05. The summed E-state index contributed by atoms with van der Waals surface area (Å²) in [5.74, 6) is -4.99. The van der Waals surface area contributed by atoms with Crippen LogP contribution in [-0.4, -0.2) is 33.1 Å². The lowest BCUT2D eigenvalue weighted by Crippen LogP contribution is -2.39. The molecular weight excluding hydrogens is 889 g/mol. The number of aromatic nitrogens is 2. The predicted octanol–water partition coefficient (Wildman–Crippen LogP) is 12.8. The minimum absolute atomic E-state index is 0.0771. The number of rotatable bonds is 2. The van der Waals surface area contributed by atoms with Crippen molar-refractivity contribution in [2.75, 3.05) is 0 Å². The molecule has 66 heavy (non-hydrogen) atoms. The highest BCUT2D eigenvalue weighted by Gasteiger charge is 2.49. The van der Waals surface area contributed by atoms with Gasteiger partial charge in [-0.15, -0.1) is 22.7 Å². The molecule has 0 N–H and O–H groups in total. The molecule has 14 heteroatoms. The van der Waals surface area contributed by atoms with Crippen LogP contribution < -0.4 is 9.47 Å². The van der Waals surface area contributed by atoms with E-state index in [4.69, 9.17) is 19.4 Å². The number of hydrogen-bond acceptors (Lipinski definition) is 10. The van der Waals surface area contributed by atoms with Gasteiger partial charge < -0.3 is 9.47 Å². The molecule has 7 aromatic rings. The van der Waals surface area contributed by atoms with E-state index >= 15 is 0 Å². The maximum Gasteiger partial charge on any atom is 0.197 e. The number of allylic oxidation sites excluding steroid dienone is 2. The molecule has 0 atom stereocenters. The number of ether oxygens (including phenoxy) is 2. The smallest absolute Gasteiger partial charge is 0.197 e. The van der Waals surface area contributed by atoms with Gasteiger partial charge in [0, 0.05) is 33.4 Å². The molecule has 2 spiro atoms. The highest BCUT2D eigenvalue weighted by molar-refractivity contribution is 7.16. The van der Waals surface area contributed by atoms with Gasteiger partial charge in [0.1, 0.15) is 32.9 Å². The summed E-state index contributed by atoms with van der Waals surface area (Å²) in [6.07, 6.45) is 11.5. The molecule has 0 radical (unpaired) electrons. The van der Waals surface area contributed by atoms with Crippen molar-refractivity contribution in [1.82, 2.24) is 9.97 Å². The van der Waals surface area contributed by atoms with Crippen LogP contribution in [-0.2, 0) is 11.2 Å². The monoisotopic (exact) mass is 920 g/mol. The predicted molar refractivity (Wildman–Crippen MR) is 240 cm³/mol. The van der Waals surface area contributed by atoms with Gasteiger partial charge in [0.2, 0.25) is 0 Å². The first kappa shape index (κ1) is 39.7. The second-order valence-corrected chi connectivity index (χ2v) is 20.1. The molecule has 4 heterocycles. The normalized spacial score (nSPS) is 18.5. The highest BCUT2D eigenvalue weighted by Crippen LogP contribution is 2.59. The van der Waals surface area contributed by atoms with Gasteiger partial charge in [-0.3, -0.25) is 19.2 Å². The molecule has 4 aliphatic carbocycles. The molecule has 2 aromatic heterocycles. The molecular formula is C52H32F4N2O6S2. The SMILES string of the molecule is O=C1C(=Cc2nc3c(s2)-c2cc4c(cc2OC32CCCCC2)-c2sc(C=C3C(=O)c5cc6cc(F)c(F)cc6cc5C3=O)nc2C2(CCCCC2)O4)C(=O)c2cc3cc(F)c(F)cc3cc21. The van der Waals surface area contributed by atoms with Crippen LogP contribution in [0.4, 0.5) is 17.6 Å². The van der Waals surface area contributed by atoms with Crippen LogP contribution in [0.15, 0.2) is 71.8 Å². The van der Waals surface area contributed by atoms with Gasteiger partial charge in [0.15, 0.2) is 57.6 Å². The summed E-state index contributed by atoms with van der Waals surface area (Å²) in [5, 5.41) is 2.14. The zero-order valence-corrected chi connectivity index (χ0v) is 36.3. The van der Waals surface area contributed by atoms with Crippen LogP contribution >= 0.6 is 22.7 Å². The first-order valence-corrected chi connectivity index (χ1v) is 23.6. The molecule has 8 nitrogen and oxygen atoms in total. The number of benzene rings is 5. The Balaban J connectivity index is 0.911. The van der Waals surface area contributed by atoms with Gasteiger partial charge >= 0.3 is 0 Å². The first-order chi connectivity index (χ1) is 31.9. The van der Waals surface area contributed by atoms with E-state index in [1.807, 2.05) is 12.1 Å². The maximum atomic E-state index is 14.1. The fourth-order valence-electron chi connectivity index (χ4n) is 10.9. The fourth-order valence-corrected chi connectivity index (χ4v) is 13.2. The lowest BCUT2D eigenvalue weighted by atomic mass is 9.78. The van der Waals surface area contributed by atoms with Crippen molar-refractivity contribution in [2.45, 2.75) is 75.4 Å². The van der Waals surface area contributed by atoms with Crippen molar-refractivity contribution in [3.63, 3.8) is 0 Å². The second kappa shape index (κ2) is 13.9. The zero-order valence-electron chi connectivity index (χ0n) is 34.7. The van der Waals surface area contributed by atoms with E-state index in [0.29, 0.717) is 68.7 Å². The summed E-state index contributed by atoms with van der Waals surface area (Å²) in [7, 11) is 0. The number of hydrogen-bond donors (Lipinski definition) is 0. The quantitative estimate of drug-likeness (QED) is 0.0957. The maximum absolute atomic E-state index is 14.1. The Labute approximate surface area is 380 Å². The number of Topliss-reactive ketones (excluding diaryl/α,β-unsaturated/α-hetero) is 4. The number of fused-ring (bicyclic) bond motifs is 12. The molecule has 2 aliphatic heterocycles. The van der Waals surface area contributed by atoms with Crippen LogP contribution in [0.25, 0.3) is 54.6 Å². The molecule has 5 aromatic carbocycles. The highest BCUT2D eigenvalue weighted by atomic mass is 32.1. The van der Waals surface area contributed by atoms with Crippen molar-refractivity contribution in [3.05, 3.63) is 139 Å². The van der Waals surface area contributed by atoms with E-state index < -0.39 is 57.6 Å². The average molecular weight is 921 g/mol. The Hall–Kier alpha value is -6.64. The Kier molecular flexibility index (Phi) is 8.39. The Morgan fingerprint density at radius 2 is 0.758 bits per heavy atom. The van der Waals surface area contributed by atoms with E-state index in [1.165, 1.54) is 59.1 Å². The van der Waals surface area contributed by atoms with Crippen LogP contribution in [0.2, 0.25) is 0 Å². The number of carbonyl (C=O) groups excluding carboxylic acids is 4. The third-order valence-electron chi connectivity index (χ3n) is 14.2. The van der Waals surface area contributed by atoms with Crippen molar-refractivity contribution < 1.29 is 46.2 Å². The van der Waals surface area contributed by atoms with Gasteiger partial charge in [-0.05, 0) is 146 Å². The van der Waals surface area contributed by atoms with Crippen LogP contribution in [0.1, 0.15) is 127 Å². The van der Waals surface area contributed by atoms with E-state index in [2.05, 4.69) is 0 Å². The standard InChI is InChI=1S/C52H32F4N2O6S2/c53-35-15-23-11-27-28(12-24(23)16-36(35)54)44(60)33(43(27)59)21-41-57-49-47(65-41)31-20-40-32(19-39(31)63-51(49)7-3-1-4-8-51)48-50(52(64-40)9-5-2-6-10-52)58-42(66-48)22-34-45(61)29-13-25-17-37(55)38(56)18-26(25)14-30(29)46(34)62/h11-22H,1-10H2. The van der Waals surface area contributed by atoms with Gasteiger partial charge in [-0.25, -0.2) is 27.5 Å². The third-order valence-corrected chi connectivity index (χ3v) is 16.3. The summed E-state index contributed by atoms with van der Waals surface area (Å²) in [6, 6.07) is 13.8.